The maximum atomic E-state index is 6.12. The quantitative estimate of drug-likeness (QED) is 0.852. The van der Waals surface area contributed by atoms with Gasteiger partial charge in [-0.1, -0.05) is 47.7 Å². The molecule has 2 unspecified atom stereocenters. The zero-order valence-corrected chi connectivity index (χ0v) is 11.5. The lowest BCUT2D eigenvalue weighted by Crippen LogP contribution is -2.22. The van der Waals surface area contributed by atoms with Crippen LogP contribution < -0.4 is 5.73 Å². The third-order valence-electron chi connectivity index (χ3n) is 2.73. The zero-order valence-electron chi connectivity index (χ0n) is 10.7. The lowest BCUT2D eigenvalue weighted by molar-refractivity contribution is 0.719. The SMILES string of the molecule is Cc1cccc(C(Sc2ccccn2)C(C)N)c1. The molecule has 2 aromatic rings. The molecular weight excluding hydrogens is 240 g/mol. The first-order valence-electron chi connectivity index (χ1n) is 6.06. The summed E-state index contributed by atoms with van der Waals surface area (Å²) in [6.07, 6.45) is 1.82. The topological polar surface area (TPSA) is 38.9 Å². The molecule has 2 atom stereocenters. The Morgan fingerprint density at radius 3 is 2.61 bits per heavy atom. The summed E-state index contributed by atoms with van der Waals surface area (Å²) in [4.78, 5) is 4.36. The Morgan fingerprint density at radius 2 is 2.00 bits per heavy atom. The van der Waals surface area contributed by atoms with E-state index in [1.807, 2.05) is 31.3 Å². The van der Waals surface area contributed by atoms with Gasteiger partial charge in [-0.3, -0.25) is 0 Å². The van der Waals surface area contributed by atoms with E-state index >= 15 is 0 Å². The minimum Gasteiger partial charge on any atom is -0.327 e. The fourth-order valence-electron chi connectivity index (χ4n) is 1.87. The van der Waals surface area contributed by atoms with Gasteiger partial charge in [0.2, 0.25) is 0 Å². The van der Waals surface area contributed by atoms with Crippen molar-refractivity contribution in [2.75, 3.05) is 0 Å². The summed E-state index contributed by atoms with van der Waals surface area (Å²) in [7, 11) is 0. The third kappa shape index (κ3) is 3.34. The number of aryl methyl sites for hydroxylation is 1. The van der Waals surface area contributed by atoms with Crippen molar-refractivity contribution in [3.8, 4) is 0 Å². The minimum atomic E-state index is 0.0822. The summed E-state index contributed by atoms with van der Waals surface area (Å²) >= 11 is 1.72. The molecule has 0 radical (unpaired) electrons. The van der Waals surface area contributed by atoms with Gasteiger partial charge in [0, 0.05) is 12.2 Å². The van der Waals surface area contributed by atoms with Gasteiger partial charge in [-0.25, -0.2) is 4.98 Å². The van der Waals surface area contributed by atoms with Crippen molar-refractivity contribution >= 4 is 11.8 Å². The predicted octanol–water partition coefficient (Wildman–Crippen LogP) is 3.57. The molecule has 0 saturated carbocycles. The molecule has 0 aliphatic carbocycles. The van der Waals surface area contributed by atoms with Crippen LogP contribution in [0.15, 0.2) is 53.7 Å². The summed E-state index contributed by atoms with van der Waals surface area (Å²) in [5.74, 6) is 0. The van der Waals surface area contributed by atoms with E-state index in [-0.39, 0.29) is 11.3 Å². The van der Waals surface area contributed by atoms with Gasteiger partial charge in [0.05, 0.1) is 10.3 Å². The van der Waals surface area contributed by atoms with Crippen molar-refractivity contribution in [1.82, 2.24) is 4.98 Å². The predicted molar refractivity (Wildman–Crippen MR) is 77.7 cm³/mol. The van der Waals surface area contributed by atoms with Crippen LogP contribution in [0.4, 0.5) is 0 Å². The highest BCUT2D eigenvalue weighted by molar-refractivity contribution is 7.99. The summed E-state index contributed by atoms with van der Waals surface area (Å²) < 4.78 is 0. The fourth-order valence-corrected chi connectivity index (χ4v) is 2.91. The highest BCUT2D eigenvalue weighted by atomic mass is 32.2. The molecule has 2 rings (SSSR count). The largest absolute Gasteiger partial charge is 0.327 e. The van der Waals surface area contributed by atoms with Crippen LogP contribution in [0, 0.1) is 6.92 Å². The highest BCUT2D eigenvalue weighted by Crippen LogP contribution is 2.36. The second kappa shape index (κ2) is 6.03. The smallest absolute Gasteiger partial charge is 0.0966 e. The molecule has 1 heterocycles. The van der Waals surface area contributed by atoms with Crippen LogP contribution in [-0.2, 0) is 0 Å². The molecule has 0 aliphatic rings. The molecule has 0 fully saturated rings. The van der Waals surface area contributed by atoms with Crippen LogP contribution in [0.5, 0.6) is 0 Å². The first-order valence-corrected chi connectivity index (χ1v) is 6.94. The zero-order chi connectivity index (χ0) is 13.0. The van der Waals surface area contributed by atoms with Crippen molar-refractivity contribution in [3.63, 3.8) is 0 Å². The summed E-state index contributed by atoms with van der Waals surface area (Å²) in [6, 6.07) is 14.6. The normalized spacial score (nSPS) is 14.2. The van der Waals surface area contributed by atoms with Crippen molar-refractivity contribution in [2.24, 2.45) is 5.73 Å². The van der Waals surface area contributed by atoms with Crippen LogP contribution in [-0.4, -0.2) is 11.0 Å². The molecule has 0 bridgehead atoms. The molecule has 94 valence electrons. The van der Waals surface area contributed by atoms with E-state index in [9.17, 15) is 0 Å². The number of nitrogens with two attached hydrogens (primary N) is 1. The van der Waals surface area contributed by atoms with E-state index in [1.165, 1.54) is 11.1 Å². The number of pyridine rings is 1. The number of aromatic nitrogens is 1. The van der Waals surface area contributed by atoms with Crippen LogP contribution in [0.3, 0.4) is 0 Å². The lowest BCUT2D eigenvalue weighted by atomic mass is 10.0. The molecule has 2 N–H and O–H groups in total. The third-order valence-corrected chi connectivity index (χ3v) is 4.17. The molecular formula is C15H18N2S. The Balaban J connectivity index is 2.24. The number of hydrogen-bond donors (Lipinski definition) is 1. The van der Waals surface area contributed by atoms with E-state index in [0.29, 0.717) is 0 Å². The molecule has 0 aliphatic heterocycles. The van der Waals surface area contributed by atoms with Gasteiger partial charge < -0.3 is 5.73 Å². The average Bonchev–Trinajstić information content (AvgIpc) is 2.37. The van der Waals surface area contributed by atoms with E-state index in [4.69, 9.17) is 5.73 Å². The van der Waals surface area contributed by atoms with E-state index in [2.05, 4.69) is 36.2 Å². The van der Waals surface area contributed by atoms with Gasteiger partial charge in [0.25, 0.3) is 0 Å². The van der Waals surface area contributed by atoms with Crippen LogP contribution in [0.2, 0.25) is 0 Å². The Hall–Kier alpha value is -1.32. The van der Waals surface area contributed by atoms with E-state index in [0.717, 1.165) is 5.03 Å². The first kappa shape index (κ1) is 13.1. The van der Waals surface area contributed by atoms with E-state index < -0.39 is 0 Å². The number of hydrogen-bond acceptors (Lipinski definition) is 3. The van der Waals surface area contributed by atoms with Gasteiger partial charge in [-0.15, -0.1) is 0 Å². The van der Waals surface area contributed by atoms with Crippen molar-refractivity contribution in [1.29, 1.82) is 0 Å². The monoisotopic (exact) mass is 258 g/mol. The molecule has 1 aromatic carbocycles. The van der Waals surface area contributed by atoms with Gasteiger partial charge in [0.1, 0.15) is 0 Å². The Bertz CT molecular complexity index is 497. The van der Waals surface area contributed by atoms with Gasteiger partial charge in [0.15, 0.2) is 0 Å². The molecule has 0 spiro atoms. The number of benzene rings is 1. The van der Waals surface area contributed by atoms with Crippen LogP contribution in [0.25, 0.3) is 0 Å². The van der Waals surface area contributed by atoms with Gasteiger partial charge in [-0.2, -0.15) is 0 Å². The molecule has 1 aromatic heterocycles. The number of nitrogens with zero attached hydrogens (tertiary/aromatic N) is 1. The van der Waals surface area contributed by atoms with Crippen LogP contribution >= 0.6 is 11.8 Å². The molecule has 18 heavy (non-hydrogen) atoms. The fraction of sp³-hybridized carbons (Fsp3) is 0.267. The van der Waals surface area contributed by atoms with Gasteiger partial charge >= 0.3 is 0 Å². The standard InChI is InChI=1S/C15H18N2S/c1-11-6-5-7-13(10-11)15(12(2)16)18-14-8-3-4-9-17-14/h3-10,12,15H,16H2,1-2H3. The molecule has 0 amide bonds. The Morgan fingerprint density at radius 1 is 1.17 bits per heavy atom. The summed E-state index contributed by atoms with van der Waals surface area (Å²) in [5.41, 5.74) is 8.65. The van der Waals surface area contributed by atoms with E-state index in [1.54, 1.807) is 11.8 Å². The minimum absolute atomic E-state index is 0.0822. The number of thioether (sulfide) groups is 1. The molecule has 0 saturated heterocycles. The summed E-state index contributed by atoms with van der Waals surface area (Å²) in [5, 5.41) is 1.25. The number of rotatable bonds is 4. The Kier molecular flexibility index (Phi) is 4.39. The lowest BCUT2D eigenvalue weighted by Gasteiger charge is -2.20. The second-order valence-corrected chi connectivity index (χ2v) is 5.64. The second-order valence-electron chi connectivity index (χ2n) is 4.48. The van der Waals surface area contributed by atoms with Crippen LogP contribution in [0.1, 0.15) is 23.3 Å². The van der Waals surface area contributed by atoms with Crippen molar-refractivity contribution in [3.05, 3.63) is 59.8 Å². The first-order chi connectivity index (χ1) is 8.66. The molecule has 3 heteroatoms. The maximum absolute atomic E-state index is 6.12. The Labute approximate surface area is 113 Å². The average molecular weight is 258 g/mol. The maximum Gasteiger partial charge on any atom is 0.0966 e. The van der Waals surface area contributed by atoms with Gasteiger partial charge in [-0.05, 0) is 31.5 Å². The van der Waals surface area contributed by atoms with Crippen molar-refractivity contribution < 1.29 is 0 Å². The molecule has 2 nitrogen and oxygen atoms in total. The summed E-state index contributed by atoms with van der Waals surface area (Å²) in [6.45, 7) is 4.15. The highest BCUT2D eigenvalue weighted by Gasteiger charge is 2.18. The van der Waals surface area contributed by atoms with Crippen molar-refractivity contribution in [2.45, 2.75) is 30.2 Å².